The summed E-state index contributed by atoms with van der Waals surface area (Å²) in [4.78, 5) is 16.3. The molecule has 1 atom stereocenters. The second-order valence-corrected chi connectivity index (χ2v) is 4.85. The second kappa shape index (κ2) is 7.16. The zero-order chi connectivity index (χ0) is 13.5. The van der Waals surface area contributed by atoms with Crippen LogP contribution in [0.4, 0.5) is 5.82 Å². The quantitative estimate of drug-likeness (QED) is 0.770. The molecule has 1 unspecified atom stereocenters. The number of aromatic nitrogens is 2. The van der Waals surface area contributed by atoms with Crippen molar-refractivity contribution in [2.45, 2.75) is 46.2 Å². The first kappa shape index (κ1) is 14.7. The first-order valence-electron chi connectivity index (χ1n) is 6.62. The molecule has 1 rings (SSSR count). The molecular weight excluding hydrogens is 228 g/mol. The Kier molecular flexibility index (Phi) is 5.85. The van der Waals surface area contributed by atoms with Crippen LogP contribution in [0.1, 0.15) is 33.6 Å². The lowest BCUT2D eigenvalue weighted by Crippen LogP contribution is -2.33. The topological polar surface area (TPSA) is 72.9 Å². The van der Waals surface area contributed by atoms with Crippen molar-refractivity contribution >= 4 is 5.82 Å². The predicted molar refractivity (Wildman–Crippen MR) is 74.7 cm³/mol. The van der Waals surface area contributed by atoms with Gasteiger partial charge in [-0.05, 0) is 25.3 Å². The van der Waals surface area contributed by atoms with Gasteiger partial charge in [-0.25, -0.2) is 4.98 Å². The lowest BCUT2D eigenvalue weighted by molar-refractivity contribution is 0.495. The normalized spacial score (nSPS) is 12.7. The van der Waals surface area contributed by atoms with E-state index in [1.54, 1.807) is 17.0 Å². The highest BCUT2D eigenvalue weighted by Crippen LogP contribution is 2.10. The fraction of sp³-hybridized carbons (Fsp3) is 0.692. The van der Waals surface area contributed by atoms with Crippen LogP contribution in [-0.4, -0.2) is 22.1 Å². The van der Waals surface area contributed by atoms with Crippen LogP contribution in [0.25, 0.3) is 0 Å². The van der Waals surface area contributed by atoms with E-state index in [4.69, 9.17) is 5.73 Å². The molecule has 1 heterocycles. The van der Waals surface area contributed by atoms with E-state index in [9.17, 15) is 4.79 Å². The Balaban J connectivity index is 2.89. The van der Waals surface area contributed by atoms with Gasteiger partial charge in [-0.15, -0.1) is 0 Å². The maximum absolute atomic E-state index is 12.1. The maximum atomic E-state index is 12.1. The molecule has 0 aliphatic rings. The molecule has 0 saturated heterocycles. The van der Waals surface area contributed by atoms with E-state index in [0.717, 1.165) is 19.4 Å². The molecule has 18 heavy (non-hydrogen) atoms. The number of hydrogen-bond donors (Lipinski definition) is 2. The summed E-state index contributed by atoms with van der Waals surface area (Å²) in [5.74, 6) is 0.840. The molecule has 1 aromatic heterocycles. The number of anilines is 1. The summed E-state index contributed by atoms with van der Waals surface area (Å²) in [6, 6.07) is 0.188. The molecule has 102 valence electrons. The van der Waals surface area contributed by atoms with Gasteiger partial charge in [0, 0.05) is 25.0 Å². The monoisotopic (exact) mass is 252 g/mol. The average Bonchev–Trinajstić information content (AvgIpc) is 2.33. The van der Waals surface area contributed by atoms with Gasteiger partial charge < -0.3 is 15.6 Å². The summed E-state index contributed by atoms with van der Waals surface area (Å²) >= 11 is 0. The first-order chi connectivity index (χ1) is 8.60. The predicted octanol–water partition coefficient (Wildman–Crippen LogP) is 1.44. The smallest absolute Gasteiger partial charge is 0.293 e. The summed E-state index contributed by atoms with van der Waals surface area (Å²) in [5.41, 5.74) is 5.54. The van der Waals surface area contributed by atoms with Crippen molar-refractivity contribution in [1.82, 2.24) is 9.55 Å². The van der Waals surface area contributed by atoms with Crippen LogP contribution in [0.2, 0.25) is 0 Å². The molecule has 5 nitrogen and oxygen atoms in total. The van der Waals surface area contributed by atoms with Crippen LogP contribution in [0, 0.1) is 5.92 Å². The minimum atomic E-state index is -0.0537. The Bertz CT molecular complexity index is 414. The third kappa shape index (κ3) is 3.84. The zero-order valence-electron chi connectivity index (χ0n) is 11.5. The Morgan fingerprint density at radius 1 is 1.50 bits per heavy atom. The molecule has 0 bridgehead atoms. The molecule has 0 amide bonds. The van der Waals surface area contributed by atoms with Gasteiger partial charge in [0.25, 0.3) is 5.56 Å². The van der Waals surface area contributed by atoms with E-state index in [-0.39, 0.29) is 11.6 Å². The van der Waals surface area contributed by atoms with Crippen molar-refractivity contribution in [1.29, 1.82) is 0 Å². The standard InChI is InChI=1S/C13H24N4O/c1-4-8-17-9-7-15-12(13(17)18)16-11(5-6-14)10(2)3/h7,9-11H,4-6,8,14H2,1-3H3,(H,15,16). The Morgan fingerprint density at radius 2 is 2.22 bits per heavy atom. The number of hydrogen-bond acceptors (Lipinski definition) is 4. The van der Waals surface area contributed by atoms with Gasteiger partial charge >= 0.3 is 0 Å². The molecule has 0 radical (unpaired) electrons. The highest BCUT2D eigenvalue weighted by atomic mass is 16.1. The Morgan fingerprint density at radius 3 is 2.78 bits per heavy atom. The van der Waals surface area contributed by atoms with E-state index in [1.165, 1.54) is 0 Å². The minimum Gasteiger partial charge on any atom is -0.362 e. The summed E-state index contributed by atoms with van der Waals surface area (Å²) in [6.45, 7) is 7.60. The molecule has 0 aliphatic carbocycles. The van der Waals surface area contributed by atoms with Gasteiger partial charge in [-0.3, -0.25) is 4.79 Å². The number of aryl methyl sites for hydroxylation is 1. The van der Waals surface area contributed by atoms with Gasteiger partial charge in [0.1, 0.15) is 0 Å². The third-order valence-electron chi connectivity index (χ3n) is 2.98. The molecule has 5 heteroatoms. The summed E-state index contributed by atoms with van der Waals surface area (Å²) in [7, 11) is 0. The van der Waals surface area contributed by atoms with Crippen molar-refractivity contribution in [3.8, 4) is 0 Å². The third-order valence-corrected chi connectivity index (χ3v) is 2.98. The summed E-state index contributed by atoms with van der Waals surface area (Å²) in [6.07, 6.45) is 5.16. The minimum absolute atomic E-state index is 0.0537. The Hall–Kier alpha value is -1.36. The van der Waals surface area contributed by atoms with E-state index in [2.05, 4.69) is 24.1 Å². The molecule has 3 N–H and O–H groups in total. The van der Waals surface area contributed by atoms with Gasteiger partial charge in [0.2, 0.25) is 0 Å². The molecule has 0 spiro atoms. The van der Waals surface area contributed by atoms with E-state index >= 15 is 0 Å². The summed E-state index contributed by atoms with van der Waals surface area (Å²) in [5, 5.41) is 3.22. The molecule has 0 fully saturated rings. The van der Waals surface area contributed by atoms with E-state index in [0.29, 0.717) is 18.3 Å². The van der Waals surface area contributed by atoms with Crippen molar-refractivity contribution < 1.29 is 0 Å². The van der Waals surface area contributed by atoms with Gasteiger partial charge in [-0.2, -0.15) is 0 Å². The van der Waals surface area contributed by atoms with Gasteiger partial charge in [-0.1, -0.05) is 20.8 Å². The maximum Gasteiger partial charge on any atom is 0.293 e. The fourth-order valence-corrected chi connectivity index (χ4v) is 1.89. The lowest BCUT2D eigenvalue weighted by atomic mass is 10.0. The molecular formula is C13H24N4O. The second-order valence-electron chi connectivity index (χ2n) is 4.85. The van der Waals surface area contributed by atoms with Crippen LogP contribution in [-0.2, 0) is 6.54 Å². The molecule has 0 saturated carbocycles. The molecule has 0 aromatic carbocycles. The van der Waals surface area contributed by atoms with E-state index < -0.39 is 0 Å². The first-order valence-corrected chi connectivity index (χ1v) is 6.62. The van der Waals surface area contributed by atoms with Crippen LogP contribution in [0.5, 0.6) is 0 Å². The highest BCUT2D eigenvalue weighted by Gasteiger charge is 2.15. The van der Waals surface area contributed by atoms with Crippen LogP contribution < -0.4 is 16.6 Å². The number of nitrogens with zero attached hydrogens (tertiary/aromatic N) is 2. The number of nitrogens with one attached hydrogen (secondary N) is 1. The highest BCUT2D eigenvalue weighted by molar-refractivity contribution is 5.32. The largest absolute Gasteiger partial charge is 0.362 e. The van der Waals surface area contributed by atoms with Gasteiger partial charge in [0.05, 0.1) is 0 Å². The van der Waals surface area contributed by atoms with E-state index in [1.807, 2.05) is 6.92 Å². The Labute approximate surface area is 108 Å². The van der Waals surface area contributed by atoms with Gasteiger partial charge in [0.15, 0.2) is 5.82 Å². The van der Waals surface area contributed by atoms with Crippen molar-refractivity contribution in [2.75, 3.05) is 11.9 Å². The number of rotatable bonds is 7. The lowest BCUT2D eigenvalue weighted by Gasteiger charge is -2.22. The van der Waals surface area contributed by atoms with Crippen molar-refractivity contribution in [3.63, 3.8) is 0 Å². The van der Waals surface area contributed by atoms with Crippen LogP contribution >= 0.6 is 0 Å². The van der Waals surface area contributed by atoms with Crippen LogP contribution in [0.15, 0.2) is 17.2 Å². The SMILES string of the molecule is CCCn1ccnc(NC(CCN)C(C)C)c1=O. The van der Waals surface area contributed by atoms with Crippen LogP contribution in [0.3, 0.4) is 0 Å². The zero-order valence-corrected chi connectivity index (χ0v) is 11.5. The van der Waals surface area contributed by atoms with Crippen molar-refractivity contribution in [2.24, 2.45) is 11.7 Å². The molecule has 1 aromatic rings. The number of nitrogens with two attached hydrogens (primary N) is 1. The summed E-state index contributed by atoms with van der Waals surface area (Å²) < 4.78 is 1.69. The average molecular weight is 252 g/mol. The van der Waals surface area contributed by atoms with Crippen molar-refractivity contribution in [3.05, 3.63) is 22.7 Å². The molecule has 0 aliphatic heterocycles. The fourth-order valence-electron chi connectivity index (χ4n) is 1.89.